The summed E-state index contributed by atoms with van der Waals surface area (Å²) in [5.74, 6) is 2.05. The van der Waals surface area contributed by atoms with Gasteiger partial charge in [0.1, 0.15) is 18.1 Å². The summed E-state index contributed by atoms with van der Waals surface area (Å²) in [4.78, 5) is 0. The van der Waals surface area contributed by atoms with Gasteiger partial charge in [0.2, 0.25) is 0 Å². The lowest BCUT2D eigenvalue weighted by Crippen LogP contribution is -2.15. The summed E-state index contributed by atoms with van der Waals surface area (Å²) in [7, 11) is 1.64. The van der Waals surface area contributed by atoms with E-state index in [0.717, 1.165) is 11.5 Å². The van der Waals surface area contributed by atoms with Gasteiger partial charge in [0.05, 0.1) is 6.04 Å². The topological polar surface area (TPSA) is 48.4 Å². The molecule has 0 aliphatic heterocycles. The van der Waals surface area contributed by atoms with Gasteiger partial charge < -0.3 is 14.9 Å². The predicted octanol–water partition coefficient (Wildman–Crippen LogP) is 2.08. The predicted molar refractivity (Wildman–Crippen MR) is 51.2 cm³/mol. The molecule has 1 heterocycles. The van der Waals surface area contributed by atoms with E-state index in [1.807, 2.05) is 12.1 Å². The van der Waals surface area contributed by atoms with Gasteiger partial charge in [-0.1, -0.05) is 13.8 Å². The van der Waals surface area contributed by atoms with Gasteiger partial charge in [0.25, 0.3) is 0 Å². The Balaban J connectivity index is 2.67. The average molecular weight is 183 g/mol. The summed E-state index contributed by atoms with van der Waals surface area (Å²) in [6, 6.07) is 3.80. The highest BCUT2D eigenvalue weighted by Gasteiger charge is 2.14. The molecule has 13 heavy (non-hydrogen) atoms. The Labute approximate surface area is 78.9 Å². The molecule has 1 rings (SSSR count). The Kier molecular flexibility index (Phi) is 3.51. The molecule has 3 nitrogen and oxygen atoms in total. The summed E-state index contributed by atoms with van der Waals surface area (Å²) >= 11 is 0. The van der Waals surface area contributed by atoms with E-state index < -0.39 is 0 Å². The maximum absolute atomic E-state index is 5.91. The fraction of sp³-hybridized carbons (Fsp3) is 0.600. The monoisotopic (exact) mass is 183 g/mol. The molecule has 0 amide bonds. The van der Waals surface area contributed by atoms with Gasteiger partial charge in [-0.3, -0.25) is 0 Å². The van der Waals surface area contributed by atoms with Crippen LogP contribution in [0.4, 0.5) is 0 Å². The first kappa shape index (κ1) is 10.3. The maximum Gasteiger partial charge on any atom is 0.129 e. The highest BCUT2D eigenvalue weighted by Crippen LogP contribution is 2.21. The van der Waals surface area contributed by atoms with Gasteiger partial charge in [-0.05, 0) is 18.1 Å². The molecule has 0 saturated heterocycles. The lowest BCUT2D eigenvalue weighted by Gasteiger charge is -2.11. The molecular weight excluding hydrogens is 166 g/mol. The van der Waals surface area contributed by atoms with Gasteiger partial charge in [-0.15, -0.1) is 0 Å². The molecule has 1 aromatic heterocycles. The number of methoxy groups -OCH3 is 1. The van der Waals surface area contributed by atoms with Crippen LogP contribution in [0.25, 0.3) is 0 Å². The van der Waals surface area contributed by atoms with E-state index in [9.17, 15) is 0 Å². The van der Waals surface area contributed by atoms with Crippen molar-refractivity contribution in [1.82, 2.24) is 0 Å². The molecule has 0 aromatic carbocycles. The summed E-state index contributed by atoms with van der Waals surface area (Å²) in [6.07, 6.45) is 0. The molecule has 0 aliphatic rings. The molecule has 0 bridgehead atoms. The van der Waals surface area contributed by atoms with E-state index in [2.05, 4.69) is 13.8 Å². The quantitative estimate of drug-likeness (QED) is 0.777. The highest BCUT2D eigenvalue weighted by molar-refractivity contribution is 5.10. The molecule has 0 aliphatic carbocycles. The summed E-state index contributed by atoms with van der Waals surface area (Å²) in [5, 5.41) is 0. The third-order valence-electron chi connectivity index (χ3n) is 2.02. The fourth-order valence-electron chi connectivity index (χ4n) is 1.12. The van der Waals surface area contributed by atoms with Crippen LogP contribution >= 0.6 is 0 Å². The highest BCUT2D eigenvalue weighted by atomic mass is 16.5. The number of ether oxygens (including phenoxy) is 1. The molecule has 1 unspecified atom stereocenters. The Morgan fingerprint density at radius 2 is 2.15 bits per heavy atom. The molecule has 0 radical (unpaired) electrons. The summed E-state index contributed by atoms with van der Waals surface area (Å²) in [6.45, 7) is 4.65. The first-order chi connectivity index (χ1) is 6.15. The van der Waals surface area contributed by atoms with E-state index >= 15 is 0 Å². The van der Waals surface area contributed by atoms with Crippen LogP contribution in [0.3, 0.4) is 0 Å². The van der Waals surface area contributed by atoms with Crippen LogP contribution in [-0.4, -0.2) is 7.11 Å². The van der Waals surface area contributed by atoms with Gasteiger partial charge in [0, 0.05) is 7.11 Å². The first-order valence-corrected chi connectivity index (χ1v) is 4.48. The van der Waals surface area contributed by atoms with Gasteiger partial charge in [-0.2, -0.15) is 0 Å². The molecule has 3 heteroatoms. The van der Waals surface area contributed by atoms with Crippen LogP contribution in [-0.2, 0) is 11.3 Å². The molecule has 2 N–H and O–H groups in total. The SMILES string of the molecule is COCc1ccc(C(N)C(C)C)o1. The average Bonchev–Trinajstić information content (AvgIpc) is 2.52. The van der Waals surface area contributed by atoms with Crippen molar-refractivity contribution in [2.45, 2.75) is 26.5 Å². The van der Waals surface area contributed by atoms with Crippen LogP contribution in [0, 0.1) is 5.92 Å². The molecule has 0 fully saturated rings. The molecule has 0 spiro atoms. The first-order valence-electron chi connectivity index (χ1n) is 4.48. The number of furan rings is 1. The van der Waals surface area contributed by atoms with Crippen LogP contribution in [0.5, 0.6) is 0 Å². The minimum absolute atomic E-state index is 0.0226. The van der Waals surface area contributed by atoms with Gasteiger partial charge >= 0.3 is 0 Å². The zero-order valence-electron chi connectivity index (χ0n) is 8.41. The van der Waals surface area contributed by atoms with Crippen LogP contribution < -0.4 is 5.73 Å². The van der Waals surface area contributed by atoms with Crippen LogP contribution in [0.1, 0.15) is 31.4 Å². The van der Waals surface area contributed by atoms with Crippen LogP contribution in [0.2, 0.25) is 0 Å². The molecule has 74 valence electrons. The number of rotatable bonds is 4. The Morgan fingerprint density at radius 1 is 1.46 bits per heavy atom. The third-order valence-corrected chi connectivity index (χ3v) is 2.02. The Morgan fingerprint density at radius 3 is 2.69 bits per heavy atom. The second-order valence-electron chi connectivity index (χ2n) is 3.51. The van der Waals surface area contributed by atoms with Crippen molar-refractivity contribution >= 4 is 0 Å². The van der Waals surface area contributed by atoms with E-state index in [1.54, 1.807) is 7.11 Å². The van der Waals surface area contributed by atoms with E-state index in [4.69, 9.17) is 14.9 Å². The summed E-state index contributed by atoms with van der Waals surface area (Å²) in [5.41, 5.74) is 5.91. The number of hydrogen-bond donors (Lipinski definition) is 1. The van der Waals surface area contributed by atoms with E-state index in [-0.39, 0.29) is 6.04 Å². The normalized spacial score (nSPS) is 13.6. The van der Waals surface area contributed by atoms with Crippen molar-refractivity contribution in [3.8, 4) is 0 Å². The lowest BCUT2D eigenvalue weighted by molar-refractivity contribution is 0.161. The largest absolute Gasteiger partial charge is 0.462 e. The van der Waals surface area contributed by atoms with Crippen molar-refractivity contribution in [2.24, 2.45) is 11.7 Å². The zero-order chi connectivity index (χ0) is 9.84. The van der Waals surface area contributed by atoms with Crippen molar-refractivity contribution in [3.05, 3.63) is 23.7 Å². The molecule has 0 saturated carbocycles. The van der Waals surface area contributed by atoms with Gasteiger partial charge in [-0.25, -0.2) is 0 Å². The van der Waals surface area contributed by atoms with Gasteiger partial charge in [0.15, 0.2) is 0 Å². The Bertz CT molecular complexity index is 255. The zero-order valence-corrected chi connectivity index (χ0v) is 8.41. The second kappa shape index (κ2) is 4.44. The standard InChI is InChI=1S/C10H17NO2/c1-7(2)10(11)9-5-4-8(13-9)6-12-3/h4-5,7,10H,6,11H2,1-3H3. The van der Waals surface area contributed by atoms with Crippen molar-refractivity contribution in [1.29, 1.82) is 0 Å². The minimum atomic E-state index is -0.0226. The van der Waals surface area contributed by atoms with E-state index in [0.29, 0.717) is 12.5 Å². The van der Waals surface area contributed by atoms with E-state index in [1.165, 1.54) is 0 Å². The van der Waals surface area contributed by atoms with Crippen molar-refractivity contribution in [2.75, 3.05) is 7.11 Å². The third kappa shape index (κ3) is 2.57. The second-order valence-corrected chi connectivity index (χ2v) is 3.51. The van der Waals surface area contributed by atoms with Crippen molar-refractivity contribution < 1.29 is 9.15 Å². The lowest BCUT2D eigenvalue weighted by atomic mass is 10.0. The Hall–Kier alpha value is -0.800. The van der Waals surface area contributed by atoms with Crippen molar-refractivity contribution in [3.63, 3.8) is 0 Å². The molecule has 1 aromatic rings. The summed E-state index contributed by atoms with van der Waals surface area (Å²) < 4.78 is 10.4. The maximum atomic E-state index is 5.91. The van der Waals surface area contributed by atoms with Crippen LogP contribution in [0.15, 0.2) is 16.5 Å². The number of hydrogen-bond acceptors (Lipinski definition) is 3. The number of nitrogens with two attached hydrogens (primary N) is 1. The minimum Gasteiger partial charge on any atom is -0.462 e. The molecular formula is C10H17NO2. The fourth-order valence-corrected chi connectivity index (χ4v) is 1.12. The smallest absolute Gasteiger partial charge is 0.129 e. The molecule has 1 atom stereocenters.